The van der Waals surface area contributed by atoms with E-state index in [1.54, 1.807) is 12.1 Å². The van der Waals surface area contributed by atoms with Crippen molar-refractivity contribution in [1.82, 2.24) is 9.88 Å². The van der Waals surface area contributed by atoms with Gasteiger partial charge in [-0.3, -0.25) is 14.5 Å². The molecule has 184 valence electrons. The zero-order valence-corrected chi connectivity index (χ0v) is 19.1. The van der Waals surface area contributed by atoms with Crippen LogP contribution in [-0.4, -0.2) is 28.9 Å². The minimum atomic E-state index is -4.55. The Morgan fingerprint density at radius 3 is 2.53 bits per heavy atom. The van der Waals surface area contributed by atoms with Gasteiger partial charge in [0.25, 0.3) is 5.91 Å². The molecule has 1 aliphatic heterocycles. The predicted octanol–water partition coefficient (Wildman–Crippen LogP) is 5.72. The van der Waals surface area contributed by atoms with Gasteiger partial charge in [-0.1, -0.05) is 24.3 Å². The van der Waals surface area contributed by atoms with Crippen LogP contribution >= 0.6 is 0 Å². The Balaban J connectivity index is 1.47. The third kappa shape index (κ3) is 5.01. The van der Waals surface area contributed by atoms with E-state index in [0.717, 1.165) is 49.8 Å². The fraction of sp³-hybridized carbons (Fsp3) is 0.222. The summed E-state index contributed by atoms with van der Waals surface area (Å²) in [6.07, 6.45) is -2.23. The maximum atomic E-state index is 13.2. The van der Waals surface area contributed by atoms with Gasteiger partial charge in [0, 0.05) is 18.2 Å². The number of hydrogen-bond donors (Lipinski definition) is 1. The highest BCUT2D eigenvalue weighted by molar-refractivity contribution is 6.11. The molecule has 0 aliphatic carbocycles. The van der Waals surface area contributed by atoms with Crippen LogP contribution < -0.4 is 10.7 Å². The van der Waals surface area contributed by atoms with Gasteiger partial charge in [-0.15, -0.1) is 0 Å². The van der Waals surface area contributed by atoms with E-state index in [9.17, 15) is 22.8 Å². The maximum absolute atomic E-state index is 13.2. The number of halogens is 3. The van der Waals surface area contributed by atoms with E-state index in [-0.39, 0.29) is 27.9 Å². The molecule has 1 aliphatic rings. The molecule has 0 atom stereocenters. The zero-order valence-electron chi connectivity index (χ0n) is 19.1. The molecule has 1 saturated heterocycles. The van der Waals surface area contributed by atoms with Gasteiger partial charge >= 0.3 is 6.18 Å². The number of nitrogens with zero attached hydrogens (tertiary/aromatic N) is 2. The highest BCUT2D eigenvalue weighted by Crippen LogP contribution is 2.33. The largest absolute Gasteiger partial charge is 0.455 e. The van der Waals surface area contributed by atoms with Crippen molar-refractivity contribution in [3.05, 3.63) is 93.8 Å². The van der Waals surface area contributed by atoms with Crippen molar-refractivity contribution in [3.63, 3.8) is 0 Å². The van der Waals surface area contributed by atoms with Gasteiger partial charge in [0.15, 0.2) is 11.0 Å². The SMILES string of the molecule is O=C(Nc1cccc(CN2CCCC2)n1)c1cccc2c(=O)cc(-c3cccc(C(F)(F)F)c3)oc12. The number of para-hydroxylation sites is 1. The summed E-state index contributed by atoms with van der Waals surface area (Å²) in [7, 11) is 0. The van der Waals surface area contributed by atoms with Gasteiger partial charge in [-0.2, -0.15) is 13.2 Å². The van der Waals surface area contributed by atoms with Crippen molar-refractivity contribution in [2.75, 3.05) is 18.4 Å². The normalized spacial score (nSPS) is 14.3. The van der Waals surface area contributed by atoms with Crippen LogP contribution in [0, 0.1) is 0 Å². The molecule has 0 radical (unpaired) electrons. The average Bonchev–Trinajstić information content (AvgIpc) is 3.36. The van der Waals surface area contributed by atoms with Crippen LogP contribution in [-0.2, 0) is 12.7 Å². The van der Waals surface area contributed by atoms with Gasteiger partial charge in [0.2, 0.25) is 0 Å². The lowest BCUT2D eigenvalue weighted by Gasteiger charge is -2.14. The fourth-order valence-corrected chi connectivity index (χ4v) is 4.34. The summed E-state index contributed by atoms with van der Waals surface area (Å²) in [5.74, 6) is -0.259. The molecule has 0 bridgehead atoms. The topological polar surface area (TPSA) is 75.4 Å². The summed E-state index contributed by atoms with van der Waals surface area (Å²) in [4.78, 5) is 32.7. The second kappa shape index (κ2) is 9.58. The number of rotatable bonds is 5. The third-order valence-electron chi connectivity index (χ3n) is 6.11. The molecule has 1 N–H and O–H groups in total. The summed E-state index contributed by atoms with van der Waals surface area (Å²) < 4.78 is 45.4. The van der Waals surface area contributed by atoms with E-state index >= 15 is 0 Å². The number of nitrogens with one attached hydrogen (secondary N) is 1. The van der Waals surface area contributed by atoms with Crippen molar-refractivity contribution >= 4 is 22.7 Å². The van der Waals surface area contributed by atoms with Crippen LogP contribution in [0.25, 0.3) is 22.3 Å². The molecule has 9 heteroatoms. The lowest BCUT2D eigenvalue weighted by atomic mass is 10.1. The maximum Gasteiger partial charge on any atom is 0.416 e. The summed E-state index contributed by atoms with van der Waals surface area (Å²) >= 11 is 0. The van der Waals surface area contributed by atoms with Gasteiger partial charge < -0.3 is 9.73 Å². The van der Waals surface area contributed by atoms with Crippen LogP contribution in [0.5, 0.6) is 0 Å². The molecule has 0 spiro atoms. The molecule has 0 saturated carbocycles. The molecule has 1 fully saturated rings. The Kier molecular flexibility index (Phi) is 6.32. The zero-order chi connectivity index (χ0) is 25.3. The van der Waals surface area contributed by atoms with Crippen LogP contribution in [0.3, 0.4) is 0 Å². The van der Waals surface area contributed by atoms with Crippen LogP contribution in [0.4, 0.5) is 19.0 Å². The monoisotopic (exact) mass is 493 g/mol. The molecule has 4 aromatic rings. The Morgan fingerprint density at radius 1 is 1.00 bits per heavy atom. The molecule has 6 nitrogen and oxygen atoms in total. The van der Waals surface area contributed by atoms with Crippen LogP contribution in [0.2, 0.25) is 0 Å². The first-order valence-corrected chi connectivity index (χ1v) is 11.5. The second-order valence-electron chi connectivity index (χ2n) is 8.69. The second-order valence-corrected chi connectivity index (χ2v) is 8.69. The molecule has 1 amide bonds. The van der Waals surface area contributed by atoms with Gasteiger partial charge in [-0.05, 0) is 62.3 Å². The number of hydrogen-bond acceptors (Lipinski definition) is 5. The summed E-state index contributed by atoms with van der Waals surface area (Å²) in [5, 5.41) is 2.89. The Bertz CT molecular complexity index is 1490. The van der Waals surface area contributed by atoms with Crippen LogP contribution in [0.15, 0.2) is 75.9 Å². The van der Waals surface area contributed by atoms with E-state index in [4.69, 9.17) is 4.42 Å². The lowest BCUT2D eigenvalue weighted by molar-refractivity contribution is -0.137. The Hall–Kier alpha value is -3.98. The summed E-state index contributed by atoms with van der Waals surface area (Å²) in [6.45, 7) is 2.72. The fourth-order valence-electron chi connectivity index (χ4n) is 4.34. The van der Waals surface area contributed by atoms with Crippen LogP contribution in [0.1, 0.15) is 34.5 Å². The van der Waals surface area contributed by atoms with E-state index in [1.165, 1.54) is 24.3 Å². The molecule has 36 heavy (non-hydrogen) atoms. The molecular formula is C27H22F3N3O3. The van der Waals surface area contributed by atoms with Gasteiger partial charge in [-0.25, -0.2) is 4.98 Å². The smallest absolute Gasteiger partial charge is 0.416 e. The number of aromatic nitrogens is 1. The number of pyridine rings is 1. The van der Waals surface area contributed by atoms with Crippen molar-refractivity contribution < 1.29 is 22.4 Å². The number of carbonyl (C=O) groups is 1. The van der Waals surface area contributed by atoms with Crippen molar-refractivity contribution in [2.45, 2.75) is 25.6 Å². The standard InChI is InChI=1S/C27H22F3N3O3/c28-27(29,30)18-7-3-6-17(14-18)23-15-22(34)20-9-5-10-21(25(20)36-23)26(35)32-24-11-4-8-19(31-24)16-33-12-1-2-13-33/h3-11,14-15H,1-2,12-13,16H2,(H,31,32,35). The average molecular weight is 493 g/mol. The highest BCUT2D eigenvalue weighted by Gasteiger charge is 2.30. The van der Waals surface area contributed by atoms with Crippen molar-refractivity contribution in [3.8, 4) is 11.3 Å². The highest BCUT2D eigenvalue weighted by atomic mass is 19.4. The van der Waals surface area contributed by atoms with E-state index in [2.05, 4.69) is 15.2 Å². The minimum absolute atomic E-state index is 0.0110. The Labute approximate surface area is 204 Å². The number of anilines is 1. The number of fused-ring (bicyclic) bond motifs is 1. The van der Waals surface area contributed by atoms with E-state index in [1.807, 2.05) is 12.1 Å². The molecule has 0 unspecified atom stereocenters. The minimum Gasteiger partial charge on any atom is -0.455 e. The molecule has 3 heterocycles. The molecule has 2 aromatic heterocycles. The third-order valence-corrected chi connectivity index (χ3v) is 6.11. The van der Waals surface area contributed by atoms with E-state index in [0.29, 0.717) is 12.4 Å². The number of carbonyl (C=O) groups excluding carboxylic acids is 1. The summed E-state index contributed by atoms with van der Waals surface area (Å²) in [6, 6.07) is 15.5. The molecule has 2 aromatic carbocycles. The van der Waals surface area contributed by atoms with Gasteiger partial charge in [0.1, 0.15) is 11.6 Å². The first kappa shape index (κ1) is 23.7. The van der Waals surface area contributed by atoms with Crippen molar-refractivity contribution in [1.29, 1.82) is 0 Å². The number of benzene rings is 2. The van der Waals surface area contributed by atoms with Crippen molar-refractivity contribution in [2.24, 2.45) is 0 Å². The molecular weight excluding hydrogens is 471 g/mol. The Morgan fingerprint density at radius 2 is 1.75 bits per heavy atom. The quantitative estimate of drug-likeness (QED) is 0.385. The van der Waals surface area contributed by atoms with E-state index < -0.39 is 23.1 Å². The summed E-state index contributed by atoms with van der Waals surface area (Å²) in [5.41, 5.74) is -0.368. The predicted molar refractivity (Wildman–Crippen MR) is 130 cm³/mol. The number of likely N-dealkylation sites (tertiary alicyclic amines) is 1. The first-order chi connectivity index (χ1) is 17.3. The van der Waals surface area contributed by atoms with Gasteiger partial charge in [0.05, 0.1) is 22.2 Å². The molecule has 5 rings (SSSR count). The lowest BCUT2D eigenvalue weighted by Crippen LogP contribution is -2.20. The first-order valence-electron chi connectivity index (χ1n) is 11.5. The number of amides is 1. The number of alkyl halides is 3.